The Kier molecular flexibility index (Phi) is 6.22. The van der Waals surface area contributed by atoms with Crippen LogP contribution < -0.4 is 4.46 Å². The van der Waals surface area contributed by atoms with E-state index in [-0.39, 0.29) is 36.3 Å². The zero-order chi connectivity index (χ0) is 21.0. The van der Waals surface area contributed by atoms with Crippen LogP contribution >= 0.6 is 11.6 Å². The molecular formula is C21H33ClO4SeSi. The van der Waals surface area contributed by atoms with Gasteiger partial charge in [0.05, 0.1) is 0 Å². The van der Waals surface area contributed by atoms with E-state index >= 15 is 0 Å². The summed E-state index contributed by atoms with van der Waals surface area (Å²) in [6, 6.07) is 10.3. The van der Waals surface area contributed by atoms with Gasteiger partial charge in [0.25, 0.3) is 0 Å². The zero-order valence-electron chi connectivity index (χ0n) is 17.9. The van der Waals surface area contributed by atoms with Gasteiger partial charge >= 0.3 is 183 Å². The molecule has 1 aromatic carbocycles. The van der Waals surface area contributed by atoms with E-state index in [4.69, 9.17) is 25.5 Å². The van der Waals surface area contributed by atoms with Crippen molar-refractivity contribution >= 4 is 40.8 Å². The van der Waals surface area contributed by atoms with Crippen molar-refractivity contribution in [1.82, 2.24) is 0 Å². The van der Waals surface area contributed by atoms with Crippen LogP contribution in [0.5, 0.6) is 0 Å². The van der Waals surface area contributed by atoms with Crippen molar-refractivity contribution in [3.05, 3.63) is 30.3 Å². The van der Waals surface area contributed by atoms with Gasteiger partial charge in [-0.05, 0) is 0 Å². The van der Waals surface area contributed by atoms with E-state index in [1.54, 1.807) is 0 Å². The fourth-order valence-electron chi connectivity index (χ4n) is 3.94. The fourth-order valence-corrected chi connectivity index (χ4v) is 8.73. The topological polar surface area (TPSA) is 47.9 Å². The molecule has 2 aliphatic rings. The summed E-state index contributed by atoms with van der Waals surface area (Å²) in [5.41, 5.74) is -2.02. The van der Waals surface area contributed by atoms with Crippen molar-refractivity contribution in [2.75, 3.05) is 0 Å². The Morgan fingerprint density at radius 2 is 1.71 bits per heavy atom. The average molecular weight is 492 g/mol. The van der Waals surface area contributed by atoms with Crippen LogP contribution in [0.3, 0.4) is 0 Å². The van der Waals surface area contributed by atoms with Crippen LogP contribution in [0.4, 0.5) is 0 Å². The molecule has 1 N–H and O–H groups in total. The van der Waals surface area contributed by atoms with Gasteiger partial charge in [-0.2, -0.15) is 0 Å². The molecule has 1 heterocycles. The Balaban J connectivity index is 1.97. The first-order valence-corrected chi connectivity index (χ1v) is 13.4. The molecule has 1 aliphatic carbocycles. The summed E-state index contributed by atoms with van der Waals surface area (Å²) >= 11 is 6.90. The molecule has 5 unspecified atom stereocenters. The van der Waals surface area contributed by atoms with Gasteiger partial charge in [-0.3, -0.25) is 0 Å². The Bertz CT molecular complexity index is 693. The van der Waals surface area contributed by atoms with Crippen LogP contribution in [-0.4, -0.2) is 64.4 Å². The number of alkyl halides is 1. The molecule has 1 saturated heterocycles. The standard InChI is InChI=1S/C21H33ClO4SeSi/c1-18(2,3)28-26-19(4,5)21(23)16-15(24-20(6,7)25-16)14(22)17(21)27-13-11-9-8-10-12-13/h8-12,14-17,23H,28H2,1-7H3. The molecule has 0 amide bonds. The quantitative estimate of drug-likeness (QED) is 0.508. The molecule has 1 aliphatic heterocycles. The maximum absolute atomic E-state index is 12.2. The minimum atomic E-state index is -1.23. The maximum atomic E-state index is 12.2. The summed E-state index contributed by atoms with van der Waals surface area (Å²) < 4.78 is 20.1. The summed E-state index contributed by atoms with van der Waals surface area (Å²) in [6.07, 6.45) is -0.860. The van der Waals surface area contributed by atoms with Crippen molar-refractivity contribution in [2.24, 2.45) is 0 Å². The summed E-state index contributed by atoms with van der Waals surface area (Å²) in [5, 5.41) is 12.0. The average Bonchev–Trinajstić information content (AvgIpc) is 3.01. The first kappa shape index (κ1) is 22.8. The Morgan fingerprint density at radius 1 is 1.11 bits per heavy atom. The second-order valence-corrected chi connectivity index (χ2v) is 15.8. The van der Waals surface area contributed by atoms with E-state index in [1.165, 1.54) is 4.46 Å². The molecule has 1 saturated carbocycles. The first-order chi connectivity index (χ1) is 12.8. The van der Waals surface area contributed by atoms with Crippen LogP contribution in [0.25, 0.3) is 0 Å². The van der Waals surface area contributed by atoms with E-state index in [0.717, 1.165) is 0 Å². The zero-order valence-corrected chi connectivity index (χ0v) is 21.7. The molecule has 0 aromatic heterocycles. The molecule has 0 radical (unpaired) electrons. The van der Waals surface area contributed by atoms with Gasteiger partial charge in [0.2, 0.25) is 0 Å². The van der Waals surface area contributed by atoms with Crippen molar-refractivity contribution < 1.29 is 19.0 Å². The Labute approximate surface area is 182 Å². The summed E-state index contributed by atoms with van der Waals surface area (Å²) in [6.45, 7) is 14.3. The third-order valence-corrected chi connectivity index (χ3v) is 11.1. The number of hydrogen-bond acceptors (Lipinski definition) is 4. The number of rotatable bonds is 5. The van der Waals surface area contributed by atoms with Crippen molar-refractivity contribution in [3.8, 4) is 0 Å². The van der Waals surface area contributed by atoms with Crippen LogP contribution in [0.15, 0.2) is 30.3 Å². The van der Waals surface area contributed by atoms with Crippen molar-refractivity contribution in [3.63, 3.8) is 0 Å². The number of benzene rings is 1. The SMILES string of the molecule is CC1(C)OC2C(Cl)C([Se]c3ccccc3)C(O)(C(C)(C)O[SiH2]C(C)(C)C)C2O1. The molecule has 28 heavy (non-hydrogen) atoms. The van der Waals surface area contributed by atoms with Crippen LogP contribution in [0.1, 0.15) is 48.5 Å². The molecule has 0 spiro atoms. The van der Waals surface area contributed by atoms with Crippen molar-refractivity contribution in [1.29, 1.82) is 0 Å². The summed E-state index contributed by atoms with van der Waals surface area (Å²) in [4.78, 5) is -0.181. The monoisotopic (exact) mass is 492 g/mol. The molecule has 2 fully saturated rings. The van der Waals surface area contributed by atoms with E-state index in [9.17, 15) is 5.11 Å². The molecule has 3 rings (SSSR count). The number of halogens is 1. The molecule has 0 bridgehead atoms. The van der Waals surface area contributed by atoms with E-state index < -0.39 is 32.9 Å². The third-order valence-electron chi connectivity index (χ3n) is 5.44. The van der Waals surface area contributed by atoms with Gasteiger partial charge in [-0.25, -0.2) is 0 Å². The normalized spacial score (nSPS) is 35.6. The molecule has 4 nitrogen and oxygen atoms in total. The number of fused-ring (bicyclic) bond motifs is 1. The summed E-state index contributed by atoms with van der Waals surface area (Å²) in [5.74, 6) is -0.765. The van der Waals surface area contributed by atoms with E-state index in [1.807, 2.05) is 45.9 Å². The van der Waals surface area contributed by atoms with Gasteiger partial charge in [0.15, 0.2) is 0 Å². The molecule has 5 atom stereocenters. The second-order valence-electron chi connectivity index (χ2n) is 10.0. The molecule has 158 valence electrons. The first-order valence-electron chi connectivity index (χ1n) is 9.85. The molecule has 1 aromatic rings. The molecular weight excluding hydrogens is 459 g/mol. The number of hydrogen-bond donors (Lipinski definition) is 1. The van der Waals surface area contributed by atoms with Crippen LogP contribution in [-0.2, 0) is 13.9 Å². The number of aliphatic hydroxyl groups is 1. The van der Waals surface area contributed by atoms with E-state index in [0.29, 0.717) is 0 Å². The second kappa shape index (κ2) is 7.65. The van der Waals surface area contributed by atoms with Gasteiger partial charge in [-0.1, -0.05) is 0 Å². The van der Waals surface area contributed by atoms with Gasteiger partial charge < -0.3 is 0 Å². The third kappa shape index (κ3) is 4.26. The van der Waals surface area contributed by atoms with Gasteiger partial charge in [-0.15, -0.1) is 0 Å². The van der Waals surface area contributed by atoms with Crippen LogP contribution in [0.2, 0.25) is 9.85 Å². The molecule has 7 heteroatoms. The Hall–Kier alpha value is 0.0864. The fraction of sp³-hybridized carbons (Fsp3) is 0.714. The van der Waals surface area contributed by atoms with Crippen molar-refractivity contribution in [2.45, 2.75) is 92.9 Å². The number of ether oxygens (including phenoxy) is 2. The van der Waals surface area contributed by atoms with Gasteiger partial charge in [0, 0.05) is 0 Å². The van der Waals surface area contributed by atoms with Crippen LogP contribution in [0, 0.1) is 0 Å². The van der Waals surface area contributed by atoms with E-state index in [2.05, 4.69) is 32.9 Å². The Morgan fingerprint density at radius 3 is 2.29 bits per heavy atom. The summed E-state index contributed by atoms with van der Waals surface area (Å²) in [7, 11) is -0.882. The minimum absolute atomic E-state index is 0.0481. The van der Waals surface area contributed by atoms with Gasteiger partial charge in [0.1, 0.15) is 0 Å². The predicted octanol–water partition coefficient (Wildman–Crippen LogP) is 2.77. The predicted molar refractivity (Wildman–Crippen MR) is 117 cm³/mol.